The summed E-state index contributed by atoms with van der Waals surface area (Å²) in [7, 11) is 0. The smallest absolute Gasteiger partial charge is 0.251 e. The number of carbonyl (C=O) groups is 2. The molecule has 0 radical (unpaired) electrons. The molecule has 0 fully saturated rings. The average Bonchev–Trinajstić information content (AvgIpc) is 2.90. The highest BCUT2D eigenvalue weighted by atomic mass is 16.5. The molecular weight excluding hydrogens is 492 g/mol. The summed E-state index contributed by atoms with van der Waals surface area (Å²) in [5, 5.41) is 3.28. The van der Waals surface area contributed by atoms with Gasteiger partial charge in [0.05, 0.1) is 30.7 Å². The number of guanidine groups is 1. The number of ether oxygens (including phenoxy) is 2. The summed E-state index contributed by atoms with van der Waals surface area (Å²) in [6.07, 6.45) is 6.00. The molecule has 0 saturated carbocycles. The molecule has 7 rings (SSSR count). The van der Waals surface area contributed by atoms with E-state index < -0.39 is 11.1 Å². The predicted molar refractivity (Wildman–Crippen MR) is 149 cm³/mol. The molecule has 0 saturated heterocycles. The van der Waals surface area contributed by atoms with Crippen LogP contribution in [0.2, 0.25) is 0 Å². The van der Waals surface area contributed by atoms with Gasteiger partial charge in [-0.2, -0.15) is 0 Å². The molecular formula is C31H38N4O4. The van der Waals surface area contributed by atoms with E-state index in [-0.39, 0.29) is 29.9 Å². The van der Waals surface area contributed by atoms with Crippen LogP contribution >= 0.6 is 0 Å². The average molecular weight is 531 g/mol. The van der Waals surface area contributed by atoms with Gasteiger partial charge in [-0.25, -0.2) is 4.99 Å². The maximum atomic E-state index is 13.7. The van der Waals surface area contributed by atoms with Crippen molar-refractivity contribution in [2.24, 2.45) is 10.7 Å². The van der Waals surface area contributed by atoms with Gasteiger partial charge in [0, 0.05) is 29.5 Å². The molecule has 5 aliphatic heterocycles. The van der Waals surface area contributed by atoms with E-state index in [0.717, 1.165) is 49.0 Å². The van der Waals surface area contributed by atoms with Crippen LogP contribution in [0.15, 0.2) is 41.4 Å². The number of benzene rings is 2. The molecule has 5 heterocycles. The molecule has 39 heavy (non-hydrogen) atoms. The van der Waals surface area contributed by atoms with E-state index in [1.807, 2.05) is 18.2 Å². The third-order valence-electron chi connectivity index (χ3n) is 8.79. The van der Waals surface area contributed by atoms with Crippen LogP contribution in [0.4, 0.5) is 0 Å². The molecule has 0 aromatic heterocycles. The second kappa shape index (κ2) is 9.57. The second-order valence-corrected chi connectivity index (χ2v) is 12.1. The SMILES string of the molecule is CCC12CCCCc3ccc4c(c3)C(CC(C)(C)O4)NC(=O)c3ccc4c(c3)C(CCO4)N(C(=O)C1)C(N)=N2. The standard InChI is InChI=1S/C31H38N4O4/c1-4-31-13-6-5-7-19-8-10-26-21(15-19)23(17-30(2,3)39-26)33-28(37)20-9-11-25-22(16-20)24(12-14-38-25)35(27(36)18-31)29(32)34-31/h8-11,15-16,23-24H,4-7,12-14,17-18H2,1-3H3,(H2,32,34)(H,33,37). The predicted octanol–water partition coefficient (Wildman–Crippen LogP) is 4.96. The van der Waals surface area contributed by atoms with Crippen molar-refractivity contribution < 1.29 is 19.1 Å². The first-order chi connectivity index (χ1) is 18.7. The Morgan fingerprint density at radius 3 is 2.72 bits per heavy atom. The van der Waals surface area contributed by atoms with Crippen LogP contribution in [0.3, 0.4) is 0 Å². The number of nitrogens with one attached hydrogen (secondary N) is 1. The van der Waals surface area contributed by atoms with E-state index in [2.05, 4.69) is 38.2 Å². The van der Waals surface area contributed by atoms with Crippen molar-refractivity contribution in [3.8, 4) is 11.5 Å². The molecule has 5 aliphatic rings. The van der Waals surface area contributed by atoms with E-state index in [4.69, 9.17) is 20.2 Å². The zero-order valence-corrected chi connectivity index (χ0v) is 23.1. The fourth-order valence-corrected chi connectivity index (χ4v) is 6.69. The highest BCUT2D eigenvalue weighted by molar-refractivity contribution is 6.00. The van der Waals surface area contributed by atoms with Crippen molar-refractivity contribution in [1.29, 1.82) is 0 Å². The van der Waals surface area contributed by atoms with Gasteiger partial charge < -0.3 is 20.5 Å². The third-order valence-corrected chi connectivity index (χ3v) is 8.79. The lowest BCUT2D eigenvalue weighted by atomic mass is 9.83. The van der Waals surface area contributed by atoms with Crippen molar-refractivity contribution in [1.82, 2.24) is 10.2 Å². The number of hydrogen-bond acceptors (Lipinski definition) is 6. The maximum absolute atomic E-state index is 13.7. The van der Waals surface area contributed by atoms with Crippen LogP contribution in [0, 0.1) is 0 Å². The van der Waals surface area contributed by atoms with Gasteiger partial charge >= 0.3 is 0 Å². The summed E-state index contributed by atoms with van der Waals surface area (Å²) in [4.78, 5) is 33.9. The van der Waals surface area contributed by atoms with E-state index in [1.165, 1.54) is 5.56 Å². The topological polar surface area (TPSA) is 106 Å². The highest BCUT2D eigenvalue weighted by Crippen LogP contribution is 2.43. The van der Waals surface area contributed by atoms with Crippen molar-refractivity contribution in [2.45, 2.75) is 95.4 Å². The first-order valence-corrected chi connectivity index (χ1v) is 14.2. The first kappa shape index (κ1) is 25.7. The molecule has 3 N–H and O–H groups in total. The Bertz CT molecular complexity index is 1350. The zero-order valence-electron chi connectivity index (χ0n) is 23.1. The summed E-state index contributed by atoms with van der Waals surface area (Å²) in [5.41, 5.74) is 9.22. The van der Waals surface area contributed by atoms with Crippen molar-refractivity contribution >= 4 is 17.8 Å². The van der Waals surface area contributed by atoms with Crippen molar-refractivity contribution in [3.05, 3.63) is 58.7 Å². The van der Waals surface area contributed by atoms with Gasteiger partial charge in [0.25, 0.3) is 5.91 Å². The van der Waals surface area contributed by atoms with Crippen molar-refractivity contribution in [2.75, 3.05) is 6.61 Å². The van der Waals surface area contributed by atoms with Gasteiger partial charge in [-0.1, -0.05) is 25.5 Å². The van der Waals surface area contributed by atoms with E-state index in [1.54, 1.807) is 11.0 Å². The zero-order chi connectivity index (χ0) is 27.4. The summed E-state index contributed by atoms with van der Waals surface area (Å²) in [5.74, 6) is 1.59. The van der Waals surface area contributed by atoms with Gasteiger partial charge in [-0.3, -0.25) is 14.5 Å². The molecule has 206 valence electrons. The fraction of sp³-hybridized carbons (Fsp3) is 0.516. The van der Waals surface area contributed by atoms with E-state index in [0.29, 0.717) is 37.2 Å². The van der Waals surface area contributed by atoms with Crippen LogP contribution in [0.5, 0.6) is 11.5 Å². The third kappa shape index (κ3) is 4.74. The van der Waals surface area contributed by atoms with E-state index >= 15 is 0 Å². The number of nitrogens with zero attached hydrogens (tertiary/aromatic N) is 2. The number of hydrogen-bond donors (Lipinski definition) is 2. The fourth-order valence-electron chi connectivity index (χ4n) is 6.69. The number of fused-ring (bicyclic) bond motifs is 5. The van der Waals surface area contributed by atoms with Crippen molar-refractivity contribution in [3.63, 3.8) is 0 Å². The monoisotopic (exact) mass is 530 g/mol. The Morgan fingerprint density at radius 1 is 1.10 bits per heavy atom. The summed E-state index contributed by atoms with van der Waals surface area (Å²) >= 11 is 0. The quantitative estimate of drug-likeness (QED) is 0.542. The van der Waals surface area contributed by atoms with Gasteiger partial charge in [0.1, 0.15) is 17.1 Å². The Labute approximate surface area is 229 Å². The Morgan fingerprint density at radius 2 is 1.92 bits per heavy atom. The molecule has 2 aromatic carbocycles. The van der Waals surface area contributed by atoms with Gasteiger partial charge in [-0.15, -0.1) is 0 Å². The lowest BCUT2D eigenvalue weighted by Crippen LogP contribution is -2.53. The van der Waals surface area contributed by atoms with Crippen LogP contribution in [0.1, 0.15) is 105 Å². The minimum Gasteiger partial charge on any atom is -0.493 e. The van der Waals surface area contributed by atoms with Gasteiger partial charge in [0.2, 0.25) is 5.91 Å². The molecule has 3 unspecified atom stereocenters. The molecule has 0 aliphatic carbocycles. The number of rotatable bonds is 1. The number of nitrogens with two attached hydrogens (primary N) is 1. The normalized spacial score (nSPS) is 27.9. The molecule has 8 nitrogen and oxygen atoms in total. The number of carbonyl (C=O) groups excluding carboxylic acids is 2. The molecule has 3 atom stereocenters. The summed E-state index contributed by atoms with van der Waals surface area (Å²) in [6, 6.07) is 11.3. The summed E-state index contributed by atoms with van der Waals surface area (Å²) < 4.78 is 12.2. The largest absolute Gasteiger partial charge is 0.493 e. The van der Waals surface area contributed by atoms with Crippen LogP contribution in [-0.2, 0) is 11.2 Å². The van der Waals surface area contributed by atoms with Gasteiger partial charge in [0.15, 0.2) is 5.96 Å². The second-order valence-electron chi connectivity index (χ2n) is 12.1. The van der Waals surface area contributed by atoms with Crippen LogP contribution < -0.4 is 20.5 Å². The summed E-state index contributed by atoms with van der Waals surface area (Å²) in [6.45, 7) is 6.66. The molecule has 2 amide bonds. The molecule has 8 heteroatoms. The molecule has 6 bridgehead atoms. The Hall–Kier alpha value is -3.55. The molecule has 2 aromatic rings. The maximum Gasteiger partial charge on any atom is 0.251 e. The van der Waals surface area contributed by atoms with Crippen LogP contribution in [0.25, 0.3) is 0 Å². The Balaban J connectivity index is 1.44. The molecule has 0 spiro atoms. The minimum absolute atomic E-state index is 0.0113. The minimum atomic E-state index is -0.473. The Kier molecular flexibility index (Phi) is 6.31. The lowest BCUT2D eigenvalue weighted by Gasteiger charge is -2.42. The number of aliphatic imine (C=N–C) groups is 1. The highest BCUT2D eigenvalue weighted by Gasteiger charge is 2.42. The van der Waals surface area contributed by atoms with Gasteiger partial charge in [-0.05, 0) is 69.4 Å². The number of amides is 2. The first-order valence-electron chi connectivity index (χ1n) is 14.2. The van der Waals surface area contributed by atoms with E-state index in [9.17, 15) is 9.59 Å². The number of aryl methyl sites for hydroxylation is 1. The lowest BCUT2D eigenvalue weighted by molar-refractivity contribution is -0.132. The van der Waals surface area contributed by atoms with Crippen LogP contribution in [-0.4, -0.2) is 40.4 Å².